The van der Waals surface area contributed by atoms with E-state index in [1.807, 2.05) is 44.5 Å². The van der Waals surface area contributed by atoms with Gasteiger partial charge in [-0.3, -0.25) is 4.68 Å². The van der Waals surface area contributed by atoms with Gasteiger partial charge in [0.25, 0.3) is 0 Å². The Bertz CT molecular complexity index is 635. The van der Waals surface area contributed by atoms with Crippen LogP contribution in [0.15, 0.2) is 18.2 Å². The molecule has 1 heterocycles. The molecule has 1 atom stereocenters. The van der Waals surface area contributed by atoms with Crippen LogP contribution < -0.4 is 10.5 Å². The Kier molecular flexibility index (Phi) is 4.91. The van der Waals surface area contributed by atoms with Crippen molar-refractivity contribution in [3.8, 4) is 5.75 Å². The number of hydrogen-bond donors (Lipinski definition) is 1. The van der Waals surface area contributed by atoms with Crippen molar-refractivity contribution in [3.63, 3.8) is 0 Å². The van der Waals surface area contributed by atoms with Gasteiger partial charge in [-0.1, -0.05) is 29.3 Å². The molecule has 0 radical (unpaired) electrons. The van der Waals surface area contributed by atoms with Crippen LogP contribution in [0.25, 0.3) is 0 Å². The lowest BCUT2D eigenvalue weighted by Crippen LogP contribution is -2.10. The van der Waals surface area contributed by atoms with Crippen LogP contribution in [0.3, 0.4) is 0 Å². The smallest absolute Gasteiger partial charge is 0.131 e. The molecule has 0 fully saturated rings. The van der Waals surface area contributed by atoms with Crippen LogP contribution in [0, 0.1) is 13.8 Å². The van der Waals surface area contributed by atoms with Gasteiger partial charge in [-0.2, -0.15) is 5.10 Å². The lowest BCUT2D eigenvalue weighted by atomic mass is 10.1. The Hall–Kier alpha value is -1.52. The van der Waals surface area contributed by atoms with Crippen molar-refractivity contribution in [2.75, 3.05) is 0 Å². The van der Waals surface area contributed by atoms with Crippen LogP contribution in [0.2, 0.25) is 5.02 Å². The summed E-state index contributed by atoms with van der Waals surface area (Å²) >= 11 is 6.30. The molecular formula is C16H22ClN3O. The Morgan fingerprint density at radius 1 is 1.38 bits per heavy atom. The standard InChI is InChI=1S/C16H22ClN3O/c1-5-20-14(16(17)12(4)19-20)9-21-15-7-6-10(2)8-13(15)11(3)18/h6-8,11H,5,9,18H2,1-4H3. The van der Waals surface area contributed by atoms with Gasteiger partial charge in [-0.15, -0.1) is 0 Å². The molecule has 0 spiro atoms. The predicted molar refractivity (Wildman–Crippen MR) is 85.8 cm³/mol. The summed E-state index contributed by atoms with van der Waals surface area (Å²) in [4.78, 5) is 0. The van der Waals surface area contributed by atoms with Gasteiger partial charge >= 0.3 is 0 Å². The minimum atomic E-state index is -0.0757. The van der Waals surface area contributed by atoms with E-state index in [0.29, 0.717) is 11.6 Å². The number of halogens is 1. The highest BCUT2D eigenvalue weighted by Gasteiger charge is 2.15. The highest BCUT2D eigenvalue weighted by atomic mass is 35.5. The summed E-state index contributed by atoms with van der Waals surface area (Å²) < 4.78 is 7.82. The van der Waals surface area contributed by atoms with Gasteiger partial charge in [-0.25, -0.2) is 0 Å². The van der Waals surface area contributed by atoms with Crippen molar-refractivity contribution >= 4 is 11.6 Å². The van der Waals surface area contributed by atoms with E-state index in [-0.39, 0.29) is 6.04 Å². The fourth-order valence-corrected chi connectivity index (χ4v) is 2.50. The lowest BCUT2D eigenvalue weighted by Gasteiger charge is -2.15. The second kappa shape index (κ2) is 6.50. The van der Waals surface area contributed by atoms with Crippen molar-refractivity contribution in [2.45, 2.75) is 46.9 Å². The Labute approximate surface area is 130 Å². The first-order valence-corrected chi connectivity index (χ1v) is 7.52. The van der Waals surface area contributed by atoms with E-state index in [4.69, 9.17) is 22.1 Å². The number of aryl methyl sites for hydroxylation is 3. The molecule has 0 saturated carbocycles. The summed E-state index contributed by atoms with van der Waals surface area (Å²) in [5, 5.41) is 5.07. The molecule has 0 saturated heterocycles. The number of ether oxygens (including phenoxy) is 1. The summed E-state index contributed by atoms with van der Waals surface area (Å²) in [6, 6.07) is 5.96. The number of rotatable bonds is 5. The molecule has 0 amide bonds. The molecule has 21 heavy (non-hydrogen) atoms. The molecule has 5 heteroatoms. The third-order valence-corrected chi connectivity index (χ3v) is 3.96. The van der Waals surface area contributed by atoms with E-state index >= 15 is 0 Å². The number of nitrogens with two attached hydrogens (primary N) is 1. The van der Waals surface area contributed by atoms with E-state index < -0.39 is 0 Å². The number of aromatic nitrogens is 2. The van der Waals surface area contributed by atoms with Gasteiger partial charge in [0.1, 0.15) is 12.4 Å². The Balaban J connectivity index is 2.25. The molecule has 114 valence electrons. The number of hydrogen-bond acceptors (Lipinski definition) is 3. The highest BCUT2D eigenvalue weighted by Crippen LogP contribution is 2.27. The van der Waals surface area contributed by atoms with Gasteiger partial charge < -0.3 is 10.5 Å². The van der Waals surface area contributed by atoms with Gasteiger partial charge in [0.2, 0.25) is 0 Å². The molecular weight excluding hydrogens is 286 g/mol. The molecule has 0 aliphatic rings. The SMILES string of the molecule is CCn1nc(C)c(Cl)c1COc1ccc(C)cc1C(C)N. The zero-order valence-electron chi connectivity index (χ0n) is 13.0. The first-order chi connectivity index (χ1) is 9.93. The molecule has 2 aromatic rings. The Morgan fingerprint density at radius 3 is 2.71 bits per heavy atom. The average Bonchev–Trinajstić information content (AvgIpc) is 2.72. The van der Waals surface area contributed by atoms with Gasteiger partial charge in [0.05, 0.1) is 16.4 Å². The molecule has 0 aliphatic carbocycles. The first-order valence-electron chi connectivity index (χ1n) is 7.14. The lowest BCUT2D eigenvalue weighted by molar-refractivity contribution is 0.288. The van der Waals surface area contributed by atoms with Gasteiger partial charge in [0, 0.05) is 18.2 Å². The zero-order valence-corrected chi connectivity index (χ0v) is 13.7. The fraction of sp³-hybridized carbons (Fsp3) is 0.438. The topological polar surface area (TPSA) is 53.1 Å². The third-order valence-electron chi connectivity index (χ3n) is 3.47. The molecule has 2 N–H and O–H groups in total. The van der Waals surface area contributed by atoms with E-state index in [1.165, 1.54) is 5.56 Å². The predicted octanol–water partition coefficient (Wildman–Crippen LogP) is 3.77. The molecule has 4 nitrogen and oxygen atoms in total. The van der Waals surface area contributed by atoms with Crippen LogP contribution in [-0.2, 0) is 13.2 Å². The largest absolute Gasteiger partial charge is 0.487 e. The van der Waals surface area contributed by atoms with Gasteiger partial charge in [0.15, 0.2) is 0 Å². The molecule has 0 aliphatic heterocycles. The van der Waals surface area contributed by atoms with Crippen LogP contribution >= 0.6 is 11.6 Å². The monoisotopic (exact) mass is 307 g/mol. The van der Waals surface area contributed by atoms with Crippen molar-refractivity contribution in [1.29, 1.82) is 0 Å². The average molecular weight is 308 g/mol. The highest BCUT2D eigenvalue weighted by molar-refractivity contribution is 6.31. The van der Waals surface area contributed by atoms with Crippen LogP contribution in [-0.4, -0.2) is 9.78 Å². The minimum absolute atomic E-state index is 0.0757. The molecule has 2 rings (SSSR count). The summed E-state index contributed by atoms with van der Waals surface area (Å²) in [5.41, 5.74) is 9.92. The fourth-order valence-electron chi connectivity index (χ4n) is 2.31. The molecule has 1 aromatic carbocycles. The maximum absolute atomic E-state index is 6.30. The normalized spacial score (nSPS) is 12.5. The molecule has 1 aromatic heterocycles. The zero-order chi connectivity index (χ0) is 15.6. The summed E-state index contributed by atoms with van der Waals surface area (Å²) in [6.07, 6.45) is 0. The van der Waals surface area contributed by atoms with Gasteiger partial charge in [-0.05, 0) is 33.8 Å². The third kappa shape index (κ3) is 3.39. The van der Waals surface area contributed by atoms with Crippen LogP contribution in [0.1, 0.15) is 42.4 Å². The van der Waals surface area contributed by atoms with Crippen LogP contribution in [0.4, 0.5) is 0 Å². The molecule has 0 bridgehead atoms. The summed E-state index contributed by atoms with van der Waals surface area (Å²) in [7, 11) is 0. The van der Waals surface area contributed by atoms with Crippen molar-refractivity contribution in [1.82, 2.24) is 9.78 Å². The second-order valence-corrected chi connectivity index (χ2v) is 5.66. The van der Waals surface area contributed by atoms with Crippen LogP contribution in [0.5, 0.6) is 5.75 Å². The summed E-state index contributed by atoms with van der Waals surface area (Å²) in [5.74, 6) is 0.799. The van der Waals surface area contributed by atoms with E-state index in [0.717, 1.165) is 29.2 Å². The minimum Gasteiger partial charge on any atom is -0.487 e. The molecule has 1 unspecified atom stereocenters. The van der Waals surface area contributed by atoms with E-state index in [2.05, 4.69) is 11.2 Å². The number of nitrogens with zero attached hydrogens (tertiary/aromatic N) is 2. The van der Waals surface area contributed by atoms with Crippen molar-refractivity contribution < 1.29 is 4.74 Å². The van der Waals surface area contributed by atoms with Crippen molar-refractivity contribution in [2.24, 2.45) is 5.73 Å². The van der Waals surface area contributed by atoms with E-state index in [9.17, 15) is 0 Å². The Morgan fingerprint density at radius 2 is 2.10 bits per heavy atom. The van der Waals surface area contributed by atoms with E-state index in [1.54, 1.807) is 0 Å². The first kappa shape index (κ1) is 15.9. The summed E-state index contributed by atoms with van der Waals surface area (Å²) in [6.45, 7) is 9.08. The van der Waals surface area contributed by atoms with Crippen molar-refractivity contribution in [3.05, 3.63) is 45.7 Å². The maximum Gasteiger partial charge on any atom is 0.131 e. The maximum atomic E-state index is 6.30. The number of benzene rings is 1. The quantitative estimate of drug-likeness (QED) is 0.914. The second-order valence-electron chi connectivity index (χ2n) is 5.28.